The molecule has 0 atom stereocenters. The molecule has 0 unspecified atom stereocenters. The zero-order valence-corrected chi connectivity index (χ0v) is 18.1. The standard InChI is InChI=1S/C20H34O4Si/c1-9-10-11-16(21)19-17(22-5)12-15(13-18(19)23-6)14-24-25(7,8)20(2,3)4/h12-13H,9-11,14H2,1-8H3. The Bertz CT molecular complexity index is 563. The van der Waals surface area contributed by atoms with Gasteiger partial charge in [-0.3, -0.25) is 4.79 Å². The Hall–Kier alpha value is -1.33. The van der Waals surface area contributed by atoms with Gasteiger partial charge in [0.05, 0.1) is 20.8 Å². The summed E-state index contributed by atoms with van der Waals surface area (Å²) in [5, 5.41) is 0.150. The fourth-order valence-electron chi connectivity index (χ4n) is 2.27. The van der Waals surface area contributed by atoms with Crippen LogP contribution in [-0.2, 0) is 11.0 Å². The second-order valence-corrected chi connectivity index (χ2v) is 12.8. The van der Waals surface area contributed by atoms with Gasteiger partial charge in [-0.2, -0.15) is 0 Å². The average Bonchev–Trinajstić information content (AvgIpc) is 2.55. The summed E-state index contributed by atoms with van der Waals surface area (Å²) in [7, 11) is 1.33. The Balaban J connectivity index is 3.11. The lowest BCUT2D eigenvalue weighted by atomic mass is 10.0. The largest absolute Gasteiger partial charge is 0.496 e. The van der Waals surface area contributed by atoms with E-state index in [2.05, 4.69) is 40.8 Å². The summed E-state index contributed by atoms with van der Waals surface area (Å²) in [4.78, 5) is 12.5. The molecule has 0 aliphatic heterocycles. The number of methoxy groups -OCH3 is 2. The van der Waals surface area contributed by atoms with Crippen molar-refractivity contribution < 1.29 is 18.7 Å². The molecule has 0 amide bonds. The Labute approximate surface area is 154 Å². The van der Waals surface area contributed by atoms with Crippen molar-refractivity contribution >= 4 is 14.1 Å². The first-order chi connectivity index (χ1) is 11.6. The number of carbonyl (C=O) groups is 1. The van der Waals surface area contributed by atoms with E-state index in [1.165, 1.54) is 0 Å². The first-order valence-electron chi connectivity index (χ1n) is 8.99. The normalized spacial score (nSPS) is 12.2. The molecule has 0 radical (unpaired) electrons. The van der Waals surface area contributed by atoms with Gasteiger partial charge in [0.1, 0.15) is 17.1 Å². The van der Waals surface area contributed by atoms with E-state index in [4.69, 9.17) is 13.9 Å². The van der Waals surface area contributed by atoms with Crippen LogP contribution in [0.3, 0.4) is 0 Å². The number of Topliss-reactive ketones (excluding diaryl/α,β-unsaturated/α-hetero) is 1. The number of benzene rings is 1. The molecule has 0 N–H and O–H groups in total. The Kier molecular flexibility index (Phi) is 7.69. The summed E-state index contributed by atoms with van der Waals surface area (Å²) in [5.41, 5.74) is 1.50. The Morgan fingerprint density at radius 3 is 2.00 bits per heavy atom. The molecule has 0 bridgehead atoms. The smallest absolute Gasteiger partial charge is 0.192 e. The van der Waals surface area contributed by atoms with Crippen LogP contribution in [0.2, 0.25) is 18.1 Å². The number of ether oxygens (including phenoxy) is 2. The lowest BCUT2D eigenvalue weighted by Gasteiger charge is -2.36. The van der Waals surface area contributed by atoms with Crippen LogP contribution in [0, 0.1) is 0 Å². The fourth-order valence-corrected chi connectivity index (χ4v) is 3.23. The Morgan fingerprint density at radius 1 is 1.08 bits per heavy atom. The molecule has 0 saturated heterocycles. The number of hydrogen-bond acceptors (Lipinski definition) is 4. The van der Waals surface area contributed by atoms with Crippen LogP contribution in [0.1, 0.15) is 62.9 Å². The molecule has 0 fully saturated rings. The molecule has 4 nitrogen and oxygen atoms in total. The minimum absolute atomic E-state index is 0.0624. The van der Waals surface area contributed by atoms with Gasteiger partial charge in [-0.05, 0) is 42.2 Å². The zero-order valence-electron chi connectivity index (χ0n) is 17.1. The molecular weight excluding hydrogens is 332 g/mol. The lowest BCUT2D eigenvalue weighted by molar-refractivity contribution is 0.0973. The first-order valence-corrected chi connectivity index (χ1v) is 11.9. The van der Waals surface area contributed by atoms with Crippen LogP contribution < -0.4 is 9.47 Å². The second kappa shape index (κ2) is 8.85. The lowest BCUT2D eigenvalue weighted by Crippen LogP contribution is -2.40. The van der Waals surface area contributed by atoms with Gasteiger partial charge in [0.2, 0.25) is 0 Å². The van der Waals surface area contributed by atoms with E-state index in [9.17, 15) is 4.79 Å². The minimum atomic E-state index is -1.84. The molecule has 0 aromatic heterocycles. The third kappa shape index (κ3) is 5.58. The summed E-state index contributed by atoms with van der Waals surface area (Å²) >= 11 is 0. The SMILES string of the molecule is CCCCC(=O)c1c(OC)cc(CO[Si](C)(C)C(C)(C)C)cc1OC. The third-order valence-corrected chi connectivity index (χ3v) is 9.49. The maximum Gasteiger partial charge on any atom is 0.192 e. The summed E-state index contributed by atoms with van der Waals surface area (Å²) in [6.07, 6.45) is 2.35. The molecule has 0 saturated carbocycles. The van der Waals surface area contributed by atoms with Crippen molar-refractivity contribution in [3.05, 3.63) is 23.3 Å². The molecule has 1 rings (SSSR count). The maximum absolute atomic E-state index is 12.5. The van der Waals surface area contributed by atoms with E-state index in [1.807, 2.05) is 12.1 Å². The van der Waals surface area contributed by atoms with Crippen molar-refractivity contribution in [1.29, 1.82) is 0 Å². The third-order valence-electron chi connectivity index (χ3n) is 5.01. The topological polar surface area (TPSA) is 44.8 Å². The van der Waals surface area contributed by atoms with Crippen molar-refractivity contribution in [1.82, 2.24) is 0 Å². The van der Waals surface area contributed by atoms with Gasteiger partial charge in [0.25, 0.3) is 0 Å². The van der Waals surface area contributed by atoms with E-state index >= 15 is 0 Å². The maximum atomic E-state index is 12.5. The van der Waals surface area contributed by atoms with Gasteiger partial charge >= 0.3 is 0 Å². The van der Waals surface area contributed by atoms with E-state index in [-0.39, 0.29) is 10.8 Å². The van der Waals surface area contributed by atoms with Gasteiger partial charge in [-0.25, -0.2) is 0 Å². The number of unbranched alkanes of at least 4 members (excludes halogenated alkanes) is 1. The summed E-state index contributed by atoms with van der Waals surface area (Å²) in [6.45, 7) is 13.7. The molecule has 1 aromatic rings. The number of carbonyl (C=O) groups excluding carboxylic acids is 1. The highest BCUT2D eigenvalue weighted by atomic mass is 28.4. The van der Waals surface area contributed by atoms with Gasteiger partial charge in [-0.15, -0.1) is 0 Å². The molecule has 25 heavy (non-hydrogen) atoms. The van der Waals surface area contributed by atoms with Gasteiger partial charge in [0.15, 0.2) is 14.1 Å². The van der Waals surface area contributed by atoms with E-state index in [1.54, 1.807) is 14.2 Å². The monoisotopic (exact) mass is 366 g/mol. The van der Waals surface area contributed by atoms with E-state index in [0.717, 1.165) is 18.4 Å². The molecule has 0 aliphatic rings. The van der Waals surface area contributed by atoms with Gasteiger partial charge in [-0.1, -0.05) is 34.1 Å². The van der Waals surface area contributed by atoms with Crippen LogP contribution in [-0.4, -0.2) is 28.3 Å². The van der Waals surface area contributed by atoms with E-state index in [0.29, 0.717) is 30.1 Å². The summed E-state index contributed by atoms with van der Waals surface area (Å²) in [5.74, 6) is 1.19. The van der Waals surface area contributed by atoms with Crippen LogP contribution in [0.15, 0.2) is 12.1 Å². The number of ketones is 1. The van der Waals surface area contributed by atoms with E-state index < -0.39 is 8.32 Å². The summed E-state index contributed by atoms with van der Waals surface area (Å²) in [6, 6.07) is 3.80. The van der Waals surface area contributed by atoms with Gasteiger partial charge in [0, 0.05) is 6.42 Å². The highest BCUT2D eigenvalue weighted by Crippen LogP contribution is 2.38. The molecule has 142 valence electrons. The average molecular weight is 367 g/mol. The predicted molar refractivity (Wildman–Crippen MR) is 105 cm³/mol. The molecule has 0 spiro atoms. The van der Waals surface area contributed by atoms with Crippen LogP contribution in [0.25, 0.3) is 0 Å². The minimum Gasteiger partial charge on any atom is -0.496 e. The van der Waals surface area contributed by atoms with Gasteiger partial charge < -0.3 is 13.9 Å². The summed E-state index contributed by atoms with van der Waals surface area (Å²) < 4.78 is 17.3. The zero-order chi connectivity index (χ0) is 19.3. The highest BCUT2D eigenvalue weighted by molar-refractivity contribution is 6.74. The number of hydrogen-bond donors (Lipinski definition) is 0. The first kappa shape index (κ1) is 21.7. The van der Waals surface area contributed by atoms with Crippen molar-refractivity contribution in [2.45, 2.75) is 71.7 Å². The van der Waals surface area contributed by atoms with Crippen molar-refractivity contribution in [3.63, 3.8) is 0 Å². The number of rotatable bonds is 9. The predicted octanol–water partition coefficient (Wildman–Crippen LogP) is 5.60. The molecule has 0 aliphatic carbocycles. The fraction of sp³-hybridized carbons (Fsp3) is 0.650. The highest BCUT2D eigenvalue weighted by Gasteiger charge is 2.37. The van der Waals surface area contributed by atoms with Crippen LogP contribution in [0.5, 0.6) is 11.5 Å². The molecule has 1 aromatic carbocycles. The second-order valence-electron chi connectivity index (χ2n) is 7.95. The van der Waals surface area contributed by atoms with Crippen LogP contribution >= 0.6 is 0 Å². The molecular formula is C20H34O4Si. The van der Waals surface area contributed by atoms with Crippen molar-refractivity contribution in [3.8, 4) is 11.5 Å². The van der Waals surface area contributed by atoms with Crippen LogP contribution in [0.4, 0.5) is 0 Å². The van der Waals surface area contributed by atoms with Crippen molar-refractivity contribution in [2.75, 3.05) is 14.2 Å². The molecule has 5 heteroatoms. The Morgan fingerprint density at radius 2 is 1.60 bits per heavy atom. The molecule has 0 heterocycles. The quantitative estimate of drug-likeness (QED) is 0.421. The van der Waals surface area contributed by atoms with Crippen molar-refractivity contribution in [2.24, 2.45) is 0 Å².